The first-order valence-corrected chi connectivity index (χ1v) is 8.78. The van der Waals surface area contributed by atoms with Crippen molar-refractivity contribution in [3.63, 3.8) is 0 Å². The minimum absolute atomic E-state index is 0.0446. The molecule has 0 atom stereocenters. The van der Waals surface area contributed by atoms with Crippen LogP contribution in [0.1, 0.15) is 31.7 Å². The highest BCUT2D eigenvalue weighted by Crippen LogP contribution is 2.29. The van der Waals surface area contributed by atoms with E-state index in [0.29, 0.717) is 17.7 Å². The Morgan fingerprint density at radius 2 is 2.15 bits per heavy atom. The molecule has 134 valence electrons. The average molecular weight is 349 g/mol. The first kappa shape index (κ1) is 17.7. The quantitative estimate of drug-likeness (QED) is 0.642. The molecule has 1 aliphatic rings. The zero-order valence-electron chi connectivity index (χ0n) is 15.1. The topological polar surface area (TPSA) is 84.2 Å². The average Bonchev–Trinajstić information content (AvgIpc) is 2.79. The number of phenolic OH excluding ortho intramolecular Hbond substituents is 1. The van der Waals surface area contributed by atoms with Gasteiger partial charge in [-0.1, -0.05) is 19.4 Å². The second-order valence-electron chi connectivity index (χ2n) is 6.31. The summed E-state index contributed by atoms with van der Waals surface area (Å²) in [4.78, 5) is 0. The number of aromatic nitrogens is 1. The fourth-order valence-electron chi connectivity index (χ4n) is 3.31. The Balaban J connectivity index is 2.37. The first-order valence-electron chi connectivity index (χ1n) is 8.78. The lowest BCUT2D eigenvalue weighted by atomic mass is 10.1. The molecular formula is C21H23N3O2. The molecule has 1 aliphatic carbocycles. The molecule has 26 heavy (non-hydrogen) atoms. The van der Waals surface area contributed by atoms with Crippen LogP contribution in [-0.4, -0.2) is 16.8 Å². The highest BCUT2D eigenvalue weighted by atomic mass is 16.5. The molecule has 3 N–H and O–H groups in total. The largest absolute Gasteiger partial charge is 0.506 e. The summed E-state index contributed by atoms with van der Waals surface area (Å²) in [6, 6.07) is 7.47. The van der Waals surface area contributed by atoms with Gasteiger partial charge in [0.15, 0.2) is 0 Å². The summed E-state index contributed by atoms with van der Waals surface area (Å²) in [5, 5.41) is 21.5. The van der Waals surface area contributed by atoms with Gasteiger partial charge in [0.05, 0.1) is 29.4 Å². The molecule has 0 spiro atoms. The van der Waals surface area contributed by atoms with Crippen molar-refractivity contribution in [1.82, 2.24) is 4.57 Å². The number of allylic oxidation sites excluding steroid dienone is 2. The van der Waals surface area contributed by atoms with Crippen molar-refractivity contribution in [1.29, 1.82) is 5.26 Å². The van der Waals surface area contributed by atoms with E-state index in [9.17, 15) is 10.4 Å². The zero-order valence-corrected chi connectivity index (χ0v) is 15.1. The molecule has 1 heterocycles. The summed E-state index contributed by atoms with van der Waals surface area (Å²) < 4.78 is 7.61. The van der Waals surface area contributed by atoms with E-state index in [4.69, 9.17) is 10.5 Å². The normalized spacial score (nSPS) is 12.9. The number of methoxy groups -OCH3 is 1. The van der Waals surface area contributed by atoms with Crippen molar-refractivity contribution in [3.8, 4) is 23.1 Å². The van der Waals surface area contributed by atoms with Crippen LogP contribution in [0.15, 0.2) is 30.0 Å². The molecule has 0 amide bonds. The monoisotopic (exact) mass is 349 g/mol. The molecule has 3 rings (SSSR count). The van der Waals surface area contributed by atoms with Crippen LogP contribution in [0.5, 0.6) is 5.75 Å². The molecule has 0 bridgehead atoms. The molecule has 0 radical (unpaired) electrons. The van der Waals surface area contributed by atoms with Crippen LogP contribution in [-0.2, 0) is 11.3 Å². The summed E-state index contributed by atoms with van der Waals surface area (Å²) in [5.41, 5.74) is 8.49. The maximum absolute atomic E-state index is 9.89. The van der Waals surface area contributed by atoms with E-state index in [1.807, 2.05) is 12.2 Å². The lowest BCUT2D eigenvalue weighted by Crippen LogP contribution is -2.30. The second kappa shape index (κ2) is 7.40. The molecule has 0 saturated heterocycles. The number of nitriles is 1. The van der Waals surface area contributed by atoms with Crippen LogP contribution in [0.3, 0.4) is 0 Å². The zero-order chi connectivity index (χ0) is 18.7. The van der Waals surface area contributed by atoms with Gasteiger partial charge in [-0.2, -0.15) is 5.26 Å². The van der Waals surface area contributed by atoms with Crippen LogP contribution in [0.2, 0.25) is 0 Å². The number of hydrogen-bond acceptors (Lipinski definition) is 4. The molecule has 0 unspecified atom stereocenters. The number of ether oxygens (including phenoxy) is 1. The van der Waals surface area contributed by atoms with Crippen LogP contribution in [0.25, 0.3) is 23.4 Å². The molecule has 0 aliphatic heterocycles. The standard InChI is InChI=1S/C21H23N3O2/c1-3-4-10-24-19-12-15(26-2)6-5-7-16(19)17(13-22)21(24)14-8-9-20(25)18(23)11-14/h6-9,11-12,25H,3-5,10,23H2,1-2H3. The van der Waals surface area contributed by atoms with E-state index >= 15 is 0 Å². The smallest absolute Gasteiger partial charge is 0.138 e. The lowest BCUT2D eigenvalue weighted by molar-refractivity contribution is 0.312. The van der Waals surface area contributed by atoms with Gasteiger partial charge in [0.25, 0.3) is 0 Å². The second-order valence-corrected chi connectivity index (χ2v) is 6.31. The number of fused-ring (bicyclic) bond motifs is 1. The van der Waals surface area contributed by atoms with E-state index in [2.05, 4.69) is 23.6 Å². The van der Waals surface area contributed by atoms with Crippen molar-refractivity contribution >= 4 is 17.8 Å². The van der Waals surface area contributed by atoms with E-state index in [1.165, 1.54) is 0 Å². The maximum Gasteiger partial charge on any atom is 0.138 e. The number of anilines is 1. The predicted octanol–water partition coefficient (Wildman–Crippen LogP) is 2.61. The van der Waals surface area contributed by atoms with Crippen LogP contribution >= 0.6 is 0 Å². The van der Waals surface area contributed by atoms with Gasteiger partial charge in [-0.15, -0.1) is 0 Å². The Bertz CT molecular complexity index is 1020. The summed E-state index contributed by atoms with van der Waals surface area (Å²) >= 11 is 0. The van der Waals surface area contributed by atoms with Gasteiger partial charge in [0.2, 0.25) is 0 Å². The number of aromatic hydroxyl groups is 1. The van der Waals surface area contributed by atoms with Gasteiger partial charge < -0.3 is 20.1 Å². The fraction of sp³-hybridized carbons (Fsp3) is 0.286. The summed E-state index contributed by atoms with van der Waals surface area (Å²) in [7, 11) is 1.65. The van der Waals surface area contributed by atoms with Crippen LogP contribution in [0, 0.1) is 11.3 Å². The van der Waals surface area contributed by atoms with E-state index < -0.39 is 0 Å². The lowest BCUT2D eigenvalue weighted by Gasteiger charge is -2.12. The number of unbranched alkanes of at least 4 members (excludes halogenated alkanes) is 1. The molecule has 0 fully saturated rings. The third kappa shape index (κ3) is 3.06. The summed E-state index contributed by atoms with van der Waals surface area (Å²) in [5.74, 6) is 0.833. The van der Waals surface area contributed by atoms with Crippen LogP contribution in [0.4, 0.5) is 5.69 Å². The minimum atomic E-state index is 0.0446. The third-order valence-corrected chi connectivity index (χ3v) is 4.65. The van der Waals surface area contributed by atoms with Crippen molar-refractivity contribution in [2.24, 2.45) is 0 Å². The Kier molecular flexibility index (Phi) is 5.04. The molecule has 5 heteroatoms. The molecule has 0 saturated carbocycles. The number of nitrogens with zero attached hydrogens (tertiary/aromatic N) is 2. The summed E-state index contributed by atoms with van der Waals surface area (Å²) in [6.07, 6.45) is 8.80. The van der Waals surface area contributed by atoms with Gasteiger partial charge in [0.1, 0.15) is 17.6 Å². The number of rotatable bonds is 5. The number of nitrogens with two attached hydrogens (primary N) is 1. The van der Waals surface area contributed by atoms with Gasteiger partial charge in [-0.3, -0.25) is 0 Å². The third-order valence-electron chi connectivity index (χ3n) is 4.65. The SMILES string of the molecule is CCCCn1c(-c2ccc(O)c(N)c2)c(C#N)c2c1=CC(OC)=CCC=2. The molecule has 1 aromatic heterocycles. The van der Waals surface area contributed by atoms with Crippen molar-refractivity contribution in [2.75, 3.05) is 12.8 Å². The summed E-state index contributed by atoms with van der Waals surface area (Å²) in [6.45, 7) is 2.93. The Hall–Kier alpha value is -3.13. The van der Waals surface area contributed by atoms with Crippen LogP contribution < -0.4 is 16.3 Å². The van der Waals surface area contributed by atoms with E-state index in [0.717, 1.165) is 47.0 Å². The minimum Gasteiger partial charge on any atom is -0.506 e. The van der Waals surface area contributed by atoms with Gasteiger partial charge in [0, 0.05) is 23.4 Å². The highest BCUT2D eigenvalue weighted by Gasteiger charge is 2.18. The Morgan fingerprint density at radius 3 is 2.81 bits per heavy atom. The molecule has 5 nitrogen and oxygen atoms in total. The fourth-order valence-corrected chi connectivity index (χ4v) is 3.31. The van der Waals surface area contributed by atoms with Gasteiger partial charge in [-0.25, -0.2) is 0 Å². The van der Waals surface area contributed by atoms with Gasteiger partial charge >= 0.3 is 0 Å². The number of benzene rings is 1. The predicted molar refractivity (Wildman–Crippen MR) is 103 cm³/mol. The van der Waals surface area contributed by atoms with Crippen molar-refractivity contribution in [3.05, 3.63) is 46.2 Å². The van der Waals surface area contributed by atoms with Crippen molar-refractivity contribution in [2.45, 2.75) is 32.7 Å². The maximum atomic E-state index is 9.89. The van der Waals surface area contributed by atoms with Crippen molar-refractivity contribution < 1.29 is 9.84 Å². The van der Waals surface area contributed by atoms with Gasteiger partial charge in [-0.05, 0) is 37.1 Å². The highest BCUT2D eigenvalue weighted by molar-refractivity contribution is 5.74. The van der Waals surface area contributed by atoms with E-state index in [1.54, 1.807) is 25.3 Å². The molecular weight excluding hydrogens is 326 g/mol. The van der Waals surface area contributed by atoms with E-state index in [-0.39, 0.29) is 5.75 Å². The number of hydrogen-bond donors (Lipinski definition) is 2. The Morgan fingerprint density at radius 1 is 1.35 bits per heavy atom. The molecule has 1 aromatic carbocycles. The Labute approximate surface area is 152 Å². The molecule has 2 aromatic rings. The number of phenols is 1. The number of nitrogen functional groups attached to an aromatic ring is 1. The first-order chi connectivity index (χ1) is 12.6.